The Morgan fingerprint density at radius 3 is 2.30 bits per heavy atom. The Labute approximate surface area is 194 Å². The normalized spacial score (nSPS) is 13.2. The van der Waals surface area contributed by atoms with Gasteiger partial charge in [-0.05, 0) is 60.6 Å². The number of benzene rings is 2. The average molecular weight is 454 g/mol. The number of ether oxygens (including phenoxy) is 1. The van der Waals surface area contributed by atoms with Crippen LogP contribution in [0.3, 0.4) is 0 Å². The summed E-state index contributed by atoms with van der Waals surface area (Å²) in [7, 11) is 1.27. The van der Waals surface area contributed by atoms with Crippen LogP contribution in [0.15, 0.2) is 60.8 Å². The van der Waals surface area contributed by atoms with Crippen LogP contribution < -0.4 is 0 Å². The number of halogens is 1. The second kappa shape index (κ2) is 11.3. The number of nitrogens with zero attached hydrogens (tertiary/aromatic N) is 1. The minimum absolute atomic E-state index is 0.0946. The van der Waals surface area contributed by atoms with E-state index >= 15 is 0 Å². The molecule has 0 aliphatic rings. The van der Waals surface area contributed by atoms with Gasteiger partial charge in [-0.1, -0.05) is 44.2 Å². The van der Waals surface area contributed by atoms with Gasteiger partial charge in [-0.3, -0.25) is 4.79 Å². The molecule has 176 valence electrons. The van der Waals surface area contributed by atoms with Crippen molar-refractivity contribution in [3.63, 3.8) is 0 Å². The molecule has 0 aliphatic carbocycles. The minimum atomic E-state index is -0.956. The molecule has 0 saturated heterocycles. The molecule has 2 unspecified atom stereocenters. The van der Waals surface area contributed by atoms with E-state index in [0.717, 1.165) is 28.1 Å². The summed E-state index contributed by atoms with van der Waals surface area (Å²) in [6.07, 6.45) is 1.30. The predicted molar refractivity (Wildman–Crippen MR) is 127 cm³/mol. The van der Waals surface area contributed by atoms with Crippen molar-refractivity contribution in [2.24, 2.45) is 0 Å². The fourth-order valence-electron chi connectivity index (χ4n) is 4.23. The van der Waals surface area contributed by atoms with Crippen LogP contribution in [0.4, 0.5) is 4.39 Å². The summed E-state index contributed by atoms with van der Waals surface area (Å²) in [6.45, 7) is 4.26. The zero-order valence-electron chi connectivity index (χ0n) is 19.4. The van der Waals surface area contributed by atoms with Gasteiger partial charge < -0.3 is 19.5 Å². The largest absolute Gasteiger partial charge is 0.469 e. The molecule has 0 spiro atoms. The zero-order valence-corrected chi connectivity index (χ0v) is 19.4. The SMILES string of the molecule is COC(=O)CC(O)CC(O)CCc1c(-c2ccc(F)cc2)cn(-c2ccccc2)c1C(C)C. The highest BCUT2D eigenvalue weighted by atomic mass is 19.1. The van der Waals surface area contributed by atoms with Crippen molar-refractivity contribution in [2.45, 2.75) is 57.7 Å². The fourth-order valence-corrected chi connectivity index (χ4v) is 4.23. The van der Waals surface area contributed by atoms with Crippen molar-refractivity contribution in [3.05, 3.63) is 77.9 Å². The number of aromatic nitrogens is 1. The van der Waals surface area contributed by atoms with Crippen LogP contribution in [0.5, 0.6) is 0 Å². The number of hydrogen-bond acceptors (Lipinski definition) is 4. The molecule has 0 aliphatic heterocycles. The minimum Gasteiger partial charge on any atom is -0.469 e. The standard InChI is InChI=1S/C27H32FNO4/c1-18(2)27-24(14-13-22(30)15-23(31)16-26(32)33-3)25(19-9-11-20(28)12-10-19)17-29(27)21-7-5-4-6-8-21/h4-12,17-18,22-23,30-31H,13-16H2,1-3H3. The number of aliphatic hydroxyl groups excluding tert-OH is 2. The molecule has 1 aromatic heterocycles. The number of carbonyl (C=O) groups excluding carboxylic acids is 1. The smallest absolute Gasteiger partial charge is 0.308 e. The Balaban J connectivity index is 1.93. The van der Waals surface area contributed by atoms with E-state index in [4.69, 9.17) is 0 Å². The molecule has 0 radical (unpaired) electrons. The Kier molecular flexibility index (Phi) is 8.42. The van der Waals surface area contributed by atoms with Crippen molar-refractivity contribution in [1.82, 2.24) is 4.57 Å². The number of rotatable bonds is 10. The molecule has 3 rings (SSSR count). The summed E-state index contributed by atoms with van der Waals surface area (Å²) in [4.78, 5) is 11.4. The molecule has 1 heterocycles. The summed E-state index contributed by atoms with van der Waals surface area (Å²) in [6, 6.07) is 16.5. The Hall–Kier alpha value is -2.96. The van der Waals surface area contributed by atoms with Gasteiger partial charge in [0.2, 0.25) is 0 Å². The molecular weight excluding hydrogens is 421 g/mol. The Morgan fingerprint density at radius 2 is 1.70 bits per heavy atom. The molecule has 0 fully saturated rings. The molecule has 2 atom stereocenters. The maximum Gasteiger partial charge on any atom is 0.308 e. The second-order valence-electron chi connectivity index (χ2n) is 8.64. The third-order valence-electron chi connectivity index (χ3n) is 5.79. The van der Waals surface area contributed by atoms with E-state index in [0.29, 0.717) is 12.8 Å². The lowest BCUT2D eigenvalue weighted by molar-refractivity contribution is -0.143. The Bertz CT molecular complexity index is 1040. The quantitative estimate of drug-likeness (QED) is 0.423. The number of esters is 1. The maximum absolute atomic E-state index is 13.6. The lowest BCUT2D eigenvalue weighted by Gasteiger charge is -2.18. The predicted octanol–water partition coefficient (Wildman–Crippen LogP) is 5.01. The maximum atomic E-state index is 13.6. The van der Waals surface area contributed by atoms with Gasteiger partial charge in [-0.15, -0.1) is 0 Å². The summed E-state index contributed by atoms with van der Waals surface area (Å²) < 4.78 is 20.3. The van der Waals surface area contributed by atoms with Crippen molar-refractivity contribution in [3.8, 4) is 16.8 Å². The van der Waals surface area contributed by atoms with Gasteiger partial charge in [0.25, 0.3) is 0 Å². The molecule has 2 N–H and O–H groups in total. The van der Waals surface area contributed by atoms with E-state index in [-0.39, 0.29) is 24.6 Å². The Morgan fingerprint density at radius 1 is 1.03 bits per heavy atom. The van der Waals surface area contributed by atoms with E-state index in [9.17, 15) is 19.4 Å². The monoisotopic (exact) mass is 453 g/mol. The van der Waals surface area contributed by atoms with Crippen LogP contribution in [0.25, 0.3) is 16.8 Å². The zero-order chi connectivity index (χ0) is 24.0. The number of carbonyl (C=O) groups is 1. The molecule has 33 heavy (non-hydrogen) atoms. The summed E-state index contributed by atoms with van der Waals surface area (Å²) in [5.74, 6) is -0.589. The molecule has 0 bridgehead atoms. The van der Waals surface area contributed by atoms with Crippen LogP contribution >= 0.6 is 0 Å². The molecule has 0 saturated carbocycles. The van der Waals surface area contributed by atoms with E-state index in [2.05, 4.69) is 29.3 Å². The number of aliphatic hydroxyl groups is 2. The van der Waals surface area contributed by atoms with Gasteiger partial charge in [0.05, 0.1) is 25.7 Å². The van der Waals surface area contributed by atoms with Crippen LogP contribution in [0, 0.1) is 5.82 Å². The first-order valence-corrected chi connectivity index (χ1v) is 11.3. The highest BCUT2D eigenvalue weighted by Crippen LogP contribution is 2.35. The van der Waals surface area contributed by atoms with Gasteiger partial charge in [0.1, 0.15) is 5.82 Å². The summed E-state index contributed by atoms with van der Waals surface area (Å²) >= 11 is 0. The molecule has 6 heteroatoms. The van der Waals surface area contributed by atoms with E-state index in [1.807, 2.05) is 30.3 Å². The van der Waals surface area contributed by atoms with Crippen LogP contribution in [0.2, 0.25) is 0 Å². The number of hydrogen-bond donors (Lipinski definition) is 2. The molecular formula is C27H32FNO4. The second-order valence-corrected chi connectivity index (χ2v) is 8.64. The highest BCUT2D eigenvalue weighted by Gasteiger charge is 2.22. The molecule has 3 aromatic rings. The van der Waals surface area contributed by atoms with Crippen molar-refractivity contribution >= 4 is 5.97 Å². The third kappa shape index (κ3) is 6.30. The van der Waals surface area contributed by atoms with Gasteiger partial charge in [0, 0.05) is 23.1 Å². The van der Waals surface area contributed by atoms with Crippen LogP contribution in [-0.4, -0.2) is 40.1 Å². The number of para-hydroxylation sites is 1. The topological polar surface area (TPSA) is 71.7 Å². The van der Waals surface area contributed by atoms with Crippen LogP contribution in [-0.2, 0) is 16.0 Å². The lowest BCUT2D eigenvalue weighted by Crippen LogP contribution is -2.22. The average Bonchev–Trinajstić information content (AvgIpc) is 3.18. The first kappa shape index (κ1) is 24.7. The summed E-state index contributed by atoms with van der Waals surface area (Å²) in [5, 5.41) is 20.6. The molecule has 2 aromatic carbocycles. The molecule has 5 nitrogen and oxygen atoms in total. The van der Waals surface area contributed by atoms with Crippen molar-refractivity contribution in [2.75, 3.05) is 7.11 Å². The fraction of sp³-hybridized carbons (Fsp3) is 0.370. The molecule has 0 amide bonds. The van der Waals surface area contributed by atoms with Crippen LogP contribution in [0.1, 0.15) is 50.3 Å². The van der Waals surface area contributed by atoms with Crippen molar-refractivity contribution < 1.29 is 24.1 Å². The van der Waals surface area contributed by atoms with E-state index in [1.54, 1.807) is 12.1 Å². The summed E-state index contributed by atoms with van der Waals surface area (Å²) in [5.41, 5.74) is 5.14. The van der Waals surface area contributed by atoms with Gasteiger partial charge in [-0.25, -0.2) is 4.39 Å². The van der Waals surface area contributed by atoms with E-state index < -0.39 is 18.2 Å². The third-order valence-corrected chi connectivity index (χ3v) is 5.79. The van der Waals surface area contributed by atoms with Crippen molar-refractivity contribution in [1.29, 1.82) is 0 Å². The number of methoxy groups -OCH3 is 1. The van der Waals surface area contributed by atoms with Gasteiger partial charge >= 0.3 is 5.97 Å². The van der Waals surface area contributed by atoms with Gasteiger partial charge in [0.15, 0.2) is 0 Å². The van der Waals surface area contributed by atoms with Gasteiger partial charge in [-0.2, -0.15) is 0 Å². The highest BCUT2D eigenvalue weighted by molar-refractivity contribution is 5.70. The lowest BCUT2D eigenvalue weighted by atomic mass is 9.93. The first-order chi connectivity index (χ1) is 15.8. The first-order valence-electron chi connectivity index (χ1n) is 11.3. The van der Waals surface area contributed by atoms with E-state index in [1.165, 1.54) is 19.2 Å².